The standard InChI is InChI=1S/C21H20ClF3N2O7S/c1-2-26-35(31,32)27-15(20(29)30)10-33-17-8-11(21(23,24)25)6-7-13(17)18-9-16(28)12-4-3-5-14(22)19(12)34-18/h3-8,15,18,26-27H,2,9-10H2,1H3,(H,29,30)/t15-,18-/m1/s1. The highest BCUT2D eigenvalue weighted by atomic mass is 35.5. The van der Waals surface area contributed by atoms with Crippen LogP contribution in [0.5, 0.6) is 11.5 Å². The molecule has 1 aliphatic heterocycles. The summed E-state index contributed by atoms with van der Waals surface area (Å²) in [6, 6.07) is 5.15. The van der Waals surface area contributed by atoms with E-state index in [2.05, 4.69) is 0 Å². The number of carbonyl (C=O) groups is 2. The maximum absolute atomic E-state index is 13.3. The number of rotatable bonds is 9. The minimum absolute atomic E-state index is 0.0237. The zero-order valence-corrected chi connectivity index (χ0v) is 19.6. The van der Waals surface area contributed by atoms with E-state index in [1.165, 1.54) is 19.1 Å². The van der Waals surface area contributed by atoms with Crippen LogP contribution >= 0.6 is 11.6 Å². The Labute approximate surface area is 203 Å². The largest absolute Gasteiger partial charge is 0.491 e. The molecule has 0 saturated carbocycles. The Morgan fingerprint density at radius 1 is 1.31 bits per heavy atom. The second-order valence-corrected chi connectivity index (χ2v) is 9.36. The van der Waals surface area contributed by atoms with Gasteiger partial charge in [-0.2, -0.15) is 26.3 Å². The van der Waals surface area contributed by atoms with Crippen LogP contribution in [-0.4, -0.2) is 44.5 Å². The fraction of sp³-hybridized carbons (Fsp3) is 0.333. The summed E-state index contributed by atoms with van der Waals surface area (Å²) in [5.74, 6) is -2.36. The molecule has 3 rings (SSSR count). The average molecular weight is 537 g/mol. The topological polar surface area (TPSA) is 131 Å². The predicted molar refractivity (Wildman–Crippen MR) is 118 cm³/mol. The number of halogens is 4. The van der Waals surface area contributed by atoms with Crippen molar-refractivity contribution in [2.75, 3.05) is 13.2 Å². The maximum Gasteiger partial charge on any atom is 0.416 e. The number of carboxylic acids is 1. The minimum Gasteiger partial charge on any atom is -0.491 e. The third-order valence-corrected chi connectivity index (χ3v) is 6.48. The molecule has 0 saturated heterocycles. The van der Waals surface area contributed by atoms with Crippen LogP contribution in [0.3, 0.4) is 0 Å². The monoisotopic (exact) mass is 536 g/mol. The van der Waals surface area contributed by atoms with E-state index in [1.54, 1.807) is 6.07 Å². The third-order valence-electron chi connectivity index (χ3n) is 4.92. The minimum atomic E-state index is -4.76. The van der Waals surface area contributed by atoms with Gasteiger partial charge in [-0.05, 0) is 24.3 Å². The molecule has 0 aliphatic carbocycles. The van der Waals surface area contributed by atoms with Crippen molar-refractivity contribution in [1.82, 2.24) is 9.44 Å². The van der Waals surface area contributed by atoms with Crippen molar-refractivity contribution in [3.63, 3.8) is 0 Å². The lowest BCUT2D eigenvalue weighted by molar-refractivity contribution is -0.140. The van der Waals surface area contributed by atoms with Gasteiger partial charge in [0.15, 0.2) is 11.8 Å². The summed E-state index contributed by atoms with van der Waals surface area (Å²) >= 11 is 6.12. The lowest BCUT2D eigenvalue weighted by Gasteiger charge is -2.28. The Kier molecular flexibility index (Phi) is 7.94. The van der Waals surface area contributed by atoms with Gasteiger partial charge < -0.3 is 14.6 Å². The van der Waals surface area contributed by atoms with Gasteiger partial charge in [0.1, 0.15) is 24.2 Å². The van der Waals surface area contributed by atoms with Crippen LogP contribution < -0.4 is 18.9 Å². The molecule has 0 spiro atoms. The van der Waals surface area contributed by atoms with Crippen LogP contribution in [-0.2, 0) is 21.2 Å². The molecule has 0 amide bonds. The number of benzene rings is 2. The van der Waals surface area contributed by atoms with Crippen molar-refractivity contribution in [2.24, 2.45) is 0 Å². The molecule has 0 radical (unpaired) electrons. The number of para-hydroxylation sites is 1. The molecule has 0 fully saturated rings. The first-order chi connectivity index (χ1) is 16.3. The Morgan fingerprint density at radius 2 is 2.03 bits per heavy atom. The number of hydrogen-bond donors (Lipinski definition) is 3. The molecule has 0 aromatic heterocycles. The van der Waals surface area contributed by atoms with Crippen LogP contribution in [0.15, 0.2) is 36.4 Å². The number of ketones is 1. The Bertz CT molecular complexity index is 1240. The molecule has 1 aliphatic rings. The number of nitrogens with one attached hydrogen (secondary N) is 2. The number of hydrogen-bond acceptors (Lipinski definition) is 6. The van der Waals surface area contributed by atoms with E-state index < -0.39 is 52.4 Å². The molecule has 2 aromatic carbocycles. The van der Waals surface area contributed by atoms with E-state index in [9.17, 15) is 36.3 Å². The normalized spacial score (nSPS) is 16.8. The summed E-state index contributed by atoms with van der Waals surface area (Å²) in [6.07, 6.45) is -6.09. The van der Waals surface area contributed by atoms with Crippen molar-refractivity contribution >= 4 is 33.6 Å². The zero-order chi connectivity index (χ0) is 26.0. The van der Waals surface area contributed by atoms with E-state index in [0.29, 0.717) is 6.07 Å². The van der Waals surface area contributed by atoms with Crippen molar-refractivity contribution in [3.8, 4) is 11.5 Å². The highest BCUT2D eigenvalue weighted by molar-refractivity contribution is 7.87. The number of fused-ring (bicyclic) bond motifs is 1. The number of alkyl halides is 3. The van der Waals surface area contributed by atoms with E-state index in [4.69, 9.17) is 21.1 Å². The molecular weight excluding hydrogens is 517 g/mol. The molecule has 14 heteroatoms. The van der Waals surface area contributed by atoms with E-state index in [0.717, 1.165) is 12.1 Å². The van der Waals surface area contributed by atoms with Crippen molar-refractivity contribution < 1.29 is 45.8 Å². The van der Waals surface area contributed by atoms with Gasteiger partial charge >= 0.3 is 12.1 Å². The van der Waals surface area contributed by atoms with Gasteiger partial charge in [0.25, 0.3) is 10.2 Å². The zero-order valence-electron chi connectivity index (χ0n) is 18.1. The lowest BCUT2D eigenvalue weighted by Crippen LogP contribution is -2.49. The second-order valence-electron chi connectivity index (χ2n) is 7.42. The van der Waals surface area contributed by atoms with Crippen LogP contribution in [0, 0.1) is 0 Å². The highest BCUT2D eigenvalue weighted by Gasteiger charge is 2.35. The Hall–Kier alpha value is -2.87. The predicted octanol–water partition coefficient (Wildman–Crippen LogP) is 3.34. The molecule has 0 bridgehead atoms. The van der Waals surface area contributed by atoms with Gasteiger partial charge in [-0.25, -0.2) is 4.72 Å². The van der Waals surface area contributed by atoms with Crippen LogP contribution in [0.2, 0.25) is 5.02 Å². The van der Waals surface area contributed by atoms with Crippen molar-refractivity contribution in [2.45, 2.75) is 31.7 Å². The number of carboxylic acid groups (broad SMARTS) is 1. The van der Waals surface area contributed by atoms with Gasteiger partial charge in [-0.1, -0.05) is 30.7 Å². The van der Waals surface area contributed by atoms with Crippen LogP contribution in [0.25, 0.3) is 0 Å². The van der Waals surface area contributed by atoms with E-state index in [1.807, 2.05) is 9.44 Å². The lowest BCUT2D eigenvalue weighted by atomic mass is 9.95. The molecule has 9 nitrogen and oxygen atoms in total. The first-order valence-electron chi connectivity index (χ1n) is 10.1. The first-order valence-corrected chi connectivity index (χ1v) is 12.0. The molecule has 190 valence electrons. The smallest absolute Gasteiger partial charge is 0.416 e. The summed E-state index contributed by atoms with van der Waals surface area (Å²) in [5, 5.41) is 9.48. The van der Waals surface area contributed by atoms with Crippen LogP contribution in [0.4, 0.5) is 13.2 Å². The SMILES string of the molecule is CCNS(=O)(=O)N[C@H](COc1cc(C(F)(F)F)ccc1[C@H]1CC(=O)c2cccc(Cl)c2O1)C(=O)O. The number of Topliss-reactive ketones (excluding diaryl/α,β-unsaturated/α-hetero) is 1. The van der Waals surface area contributed by atoms with Gasteiger partial charge in [0, 0.05) is 12.1 Å². The Morgan fingerprint density at radius 3 is 2.66 bits per heavy atom. The summed E-state index contributed by atoms with van der Waals surface area (Å²) in [6.45, 7) is 0.583. The Balaban J connectivity index is 1.95. The highest BCUT2D eigenvalue weighted by Crippen LogP contribution is 2.43. The molecule has 0 unspecified atom stereocenters. The summed E-state index contributed by atoms with van der Waals surface area (Å²) < 4.78 is 78.8. The van der Waals surface area contributed by atoms with Gasteiger partial charge in [-0.15, -0.1) is 0 Å². The summed E-state index contributed by atoms with van der Waals surface area (Å²) in [4.78, 5) is 24.1. The van der Waals surface area contributed by atoms with Crippen LogP contribution in [0.1, 0.15) is 40.9 Å². The first kappa shape index (κ1) is 26.7. The molecule has 3 N–H and O–H groups in total. The van der Waals surface area contributed by atoms with Crippen molar-refractivity contribution in [3.05, 3.63) is 58.1 Å². The fourth-order valence-corrected chi connectivity index (χ4v) is 4.56. The molecule has 2 aromatic rings. The van der Waals surface area contributed by atoms with Gasteiger partial charge in [-0.3, -0.25) is 9.59 Å². The quantitative estimate of drug-likeness (QED) is 0.448. The maximum atomic E-state index is 13.3. The number of ether oxygens (including phenoxy) is 2. The third kappa shape index (κ3) is 6.42. The average Bonchev–Trinajstić information content (AvgIpc) is 2.76. The van der Waals surface area contributed by atoms with E-state index in [-0.39, 0.29) is 40.6 Å². The van der Waals surface area contributed by atoms with Gasteiger partial charge in [0.2, 0.25) is 0 Å². The molecule has 1 heterocycles. The summed E-state index contributed by atoms with van der Waals surface area (Å²) in [7, 11) is -4.21. The molecule has 2 atom stereocenters. The van der Waals surface area contributed by atoms with Gasteiger partial charge in [0.05, 0.1) is 22.6 Å². The fourth-order valence-electron chi connectivity index (χ4n) is 3.33. The molecular formula is C21H20ClF3N2O7S. The van der Waals surface area contributed by atoms with E-state index >= 15 is 0 Å². The number of carbonyl (C=O) groups excluding carboxylic acids is 1. The number of aliphatic carboxylic acids is 1. The molecule has 35 heavy (non-hydrogen) atoms. The second kappa shape index (κ2) is 10.4. The van der Waals surface area contributed by atoms with Crippen molar-refractivity contribution in [1.29, 1.82) is 0 Å². The summed E-state index contributed by atoms with van der Waals surface area (Å²) in [5.41, 5.74) is -0.862.